The van der Waals surface area contributed by atoms with Crippen LogP contribution in [0, 0.1) is 5.92 Å². The summed E-state index contributed by atoms with van der Waals surface area (Å²) in [5.74, 6) is 0.819. The molecule has 8 nitrogen and oxygen atoms in total. The van der Waals surface area contributed by atoms with Crippen molar-refractivity contribution in [2.45, 2.75) is 0 Å². The van der Waals surface area contributed by atoms with Gasteiger partial charge in [-0.15, -0.1) is 5.10 Å². The molecule has 1 aromatic carbocycles. The van der Waals surface area contributed by atoms with E-state index >= 15 is 0 Å². The number of thioether (sulfide) groups is 2. The molecule has 2 aliphatic rings. The predicted octanol–water partition coefficient (Wildman–Crippen LogP) is 3.90. The van der Waals surface area contributed by atoms with Crippen molar-refractivity contribution in [3.8, 4) is 11.3 Å². The number of carbonyl (C=O) groups excluding carboxylic acids is 1. The molecule has 3 aromatic rings. The summed E-state index contributed by atoms with van der Waals surface area (Å²) in [4.78, 5) is 18.6. The fraction of sp³-hybridized carbons (Fsp3) is 0.423. The van der Waals surface area contributed by atoms with Crippen LogP contribution >= 0.6 is 48.0 Å². The number of ketones is 1. The second kappa shape index (κ2) is 13.3. The van der Waals surface area contributed by atoms with Crippen LogP contribution in [0.2, 0.25) is 0 Å². The SMILES string of the molecule is O=C(c1c(-c2ccccc2)nn2ncccc12)C(CSC(=S)N1CCOCC1)CSC(=S)N1CCOCC1. The molecule has 2 aliphatic heterocycles. The van der Waals surface area contributed by atoms with Crippen LogP contribution in [0.15, 0.2) is 48.7 Å². The molecule has 0 aliphatic carbocycles. The van der Waals surface area contributed by atoms with Crippen LogP contribution in [0.3, 0.4) is 0 Å². The highest BCUT2D eigenvalue weighted by Gasteiger charge is 2.30. The Morgan fingerprint density at radius 3 is 2.03 bits per heavy atom. The summed E-state index contributed by atoms with van der Waals surface area (Å²) in [6.45, 7) is 5.78. The van der Waals surface area contributed by atoms with E-state index in [4.69, 9.17) is 39.0 Å². The summed E-state index contributed by atoms with van der Waals surface area (Å²) < 4.78 is 14.1. The van der Waals surface area contributed by atoms with Crippen molar-refractivity contribution in [1.82, 2.24) is 24.6 Å². The van der Waals surface area contributed by atoms with Gasteiger partial charge in [0.25, 0.3) is 0 Å². The molecule has 2 saturated heterocycles. The number of Topliss-reactive ketones (excluding diaryl/α,β-unsaturated/α-hetero) is 1. The fourth-order valence-corrected chi connectivity index (χ4v) is 7.24. The molecular weight excluding hydrogens is 559 g/mol. The normalized spacial score (nSPS) is 16.2. The summed E-state index contributed by atoms with van der Waals surface area (Å²) in [6.07, 6.45) is 1.67. The lowest BCUT2D eigenvalue weighted by Crippen LogP contribution is -2.39. The van der Waals surface area contributed by atoms with Gasteiger partial charge in [-0.3, -0.25) is 4.79 Å². The van der Waals surface area contributed by atoms with Crippen LogP contribution < -0.4 is 0 Å². The zero-order valence-corrected chi connectivity index (χ0v) is 24.1. The lowest BCUT2D eigenvalue weighted by Gasteiger charge is -2.30. The predicted molar refractivity (Wildman–Crippen MR) is 161 cm³/mol. The molecule has 0 unspecified atom stereocenters. The van der Waals surface area contributed by atoms with Crippen LogP contribution in [0.5, 0.6) is 0 Å². The van der Waals surface area contributed by atoms with Crippen molar-refractivity contribution in [3.63, 3.8) is 0 Å². The first-order chi connectivity index (χ1) is 18.6. The van der Waals surface area contributed by atoms with Crippen molar-refractivity contribution in [3.05, 3.63) is 54.2 Å². The quantitative estimate of drug-likeness (QED) is 0.299. The van der Waals surface area contributed by atoms with E-state index in [0.717, 1.165) is 40.4 Å². The number of hydrogen-bond acceptors (Lipinski definition) is 9. The number of aromatic nitrogens is 3. The Bertz CT molecular complexity index is 1240. The summed E-state index contributed by atoms with van der Waals surface area (Å²) in [5, 5.41) is 9.06. The van der Waals surface area contributed by atoms with Crippen LogP contribution in [0.1, 0.15) is 10.4 Å². The largest absolute Gasteiger partial charge is 0.378 e. The van der Waals surface area contributed by atoms with E-state index in [1.807, 2.05) is 42.5 Å². The molecule has 200 valence electrons. The average molecular weight is 588 g/mol. The van der Waals surface area contributed by atoms with E-state index in [-0.39, 0.29) is 11.7 Å². The van der Waals surface area contributed by atoms with Gasteiger partial charge < -0.3 is 19.3 Å². The van der Waals surface area contributed by atoms with Gasteiger partial charge in [-0.25, -0.2) is 0 Å². The third-order valence-corrected chi connectivity index (χ3v) is 9.81. The first-order valence-electron chi connectivity index (χ1n) is 12.5. The topological polar surface area (TPSA) is 72.2 Å². The minimum Gasteiger partial charge on any atom is -0.378 e. The number of hydrogen-bond donors (Lipinski definition) is 0. The molecule has 38 heavy (non-hydrogen) atoms. The Balaban J connectivity index is 1.41. The van der Waals surface area contributed by atoms with E-state index in [1.54, 1.807) is 34.4 Å². The second-order valence-corrected chi connectivity index (χ2v) is 12.2. The maximum atomic E-state index is 14.3. The lowest BCUT2D eigenvalue weighted by molar-refractivity contribution is 0.0702. The summed E-state index contributed by atoms with van der Waals surface area (Å²) >= 11 is 14.6. The van der Waals surface area contributed by atoms with Gasteiger partial charge in [0.1, 0.15) is 14.3 Å². The molecule has 0 radical (unpaired) electrons. The molecule has 2 aromatic heterocycles. The van der Waals surface area contributed by atoms with Crippen molar-refractivity contribution in [2.24, 2.45) is 5.92 Å². The summed E-state index contributed by atoms with van der Waals surface area (Å²) in [6, 6.07) is 13.5. The van der Waals surface area contributed by atoms with Crippen molar-refractivity contribution in [2.75, 3.05) is 64.1 Å². The molecule has 5 rings (SSSR count). The van der Waals surface area contributed by atoms with Gasteiger partial charge in [-0.05, 0) is 12.1 Å². The Morgan fingerprint density at radius 1 is 0.868 bits per heavy atom. The maximum absolute atomic E-state index is 14.3. The third-order valence-electron chi connectivity index (χ3n) is 6.44. The standard InChI is InChI=1S/C26H29N5O3S4/c32-24(22-21-7-4-8-27-31(21)28-23(22)19-5-2-1-3-6-19)20(17-37-25(35)29-9-13-33-14-10-29)18-38-26(36)30-11-15-34-16-12-30/h1-8,20H,9-18H2. The Morgan fingerprint density at radius 2 is 1.45 bits per heavy atom. The number of morpholine rings is 2. The Kier molecular flexibility index (Phi) is 9.63. The molecule has 2 fully saturated rings. The molecular formula is C26H29N5O3S4. The van der Waals surface area contributed by atoms with Gasteiger partial charge in [0, 0.05) is 55.4 Å². The van der Waals surface area contributed by atoms with Crippen LogP contribution in [0.25, 0.3) is 16.8 Å². The molecule has 0 amide bonds. The van der Waals surface area contributed by atoms with Crippen LogP contribution in [-0.2, 0) is 9.47 Å². The van der Waals surface area contributed by atoms with Gasteiger partial charge in [-0.2, -0.15) is 9.73 Å². The Hall–Kier alpha value is -2.09. The molecule has 0 spiro atoms. The highest BCUT2D eigenvalue weighted by Crippen LogP contribution is 2.31. The van der Waals surface area contributed by atoms with E-state index in [0.29, 0.717) is 54.7 Å². The van der Waals surface area contributed by atoms with Gasteiger partial charge in [0.2, 0.25) is 0 Å². The number of rotatable bonds is 7. The van der Waals surface area contributed by atoms with Crippen molar-refractivity contribution >= 4 is 67.9 Å². The Labute approximate surface area is 241 Å². The van der Waals surface area contributed by atoms with E-state index in [9.17, 15) is 4.79 Å². The van der Waals surface area contributed by atoms with Crippen LogP contribution in [0.4, 0.5) is 0 Å². The summed E-state index contributed by atoms with van der Waals surface area (Å²) in [5.41, 5.74) is 2.81. The third kappa shape index (κ3) is 6.54. The molecule has 0 N–H and O–H groups in total. The molecule has 0 saturated carbocycles. The van der Waals surface area contributed by atoms with Gasteiger partial charge in [-0.1, -0.05) is 78.3 Å². The number of fused-ring (bicyclic) bond motifs is 1. The highest BCUT2D eigenvalue weighted by atomic mass is 32.2. The van der Waals surface area contributed by atoms with Gasteiger partial charge in [0.15, 0.2) is 5.78 Å². The van der Waals surface area contributed by atoms with Crippen LogP contribution in [-0.4, -0.2) is 103 Å². The molecule has 4 heterocycles. The lowest BCUT2D eigenvalue weighted by atomic mass is 9.96. The van der Waals surface area contributed by atoms with E-state index in [2.05, 4.69) is 14.9 Å². The van der Waals surface area contributed by atoms with Gasteiger partial charge in [0.05, 0.1) is 37.5 Å². The smallest absolute Gasteiger partial charge is 0.172 e. The number of thiocarbonyl (C=S) groups is 2. The monoisotopic (exact) mass is 587 g/mol. The number of carbonyl (C=O) groups is 1. The average Bonchev–Trinajstić information content (AvgIpc) is 3.37. The zero-order chi connectivity index (χ0) is 26.3. The van der Waals surface area contributed by atoms with Crippen molar-refractivity contribution in [1.29, 1.82) is 0 Å². The molecule has 0 bridgehead atoms. The fourth-order valence-electron chi connectivity index (χ4n) is 4.36. The highest BCUT2D eigenvalue weighted by molar-refractivity contribution is 8.23. The van der Waals surface area contributed by atoms with Gasteiger partial charge >= 0.3 is 0 Å². The minimum absolute atomic E-state index is 0.0291. The first-order valence-corrected chi connectivity index (χ1v) is 15.3. The van der Waals surface area contributed by atoms with E-state index < -0.39 is 0 Å². The first kappa shape index (κ1) is 27.5. The molecule has 12 heteroatoms. The second-order valence-electron chi connectivity index (χ2n) is 8.90. The summed E-state index contributed by atoms with van der Waals surface area (Å²) in [7, 11) is 0. The maximum Gasteiger partial charge on any atom is 0.172 e. The number of nitrogens with zero attached hydrogens (tertiary/aromatic N) is 5. The minimum atomic E-state index is -0.321. The number of ether oxygens (including phenoxy) is 2. The molecule has 0 atom stereocenters. The van der Waals surface area contributed by atoms with E-state index in [1.165, 1.54) is 0 Å². The zero-order valence-electron chi connectivity index (χ0n) is 20.9. The number of benzene rings is 1. The van der Waals surface area contributed by atoms with Crippen molar-refractivity contribution < 1.29 is 14.3 Å².